The van der Waals surface area contributed by atoms with Crippen LogP contribution in [0, 0.1) is 28.2 Å². The van der Waals surface area contributed by atoms with Crippen LogP contribution >= 0.6 is 62.2 Å². The zero-order chi connectivity index (χ0) is 17.4. The van der Waals surface area contributed by atoms with E-state index >= 15 is 0 Å². The van der Waals surface area contributed by atoms with Gasteiger partial charge in [-0.3, -0.25) is 25.6 Å². The minimum Gasteiger partial charge on any atom is -0.358 e. The van der Waals surface area contributed by atoms with Crippen LogP contribution in [0.1, 0.15) is 0 Å². The first-order valence-electron chi connectivity index (χ1n) is 7.13. The van der Waals surface area contributed by atoms with E-state index in [1.54, 1.807) is 0 Å². The third kappa shape index (κ3) is 31.6. The summed E-state index contributed by atoms with van der Waals surface area (Å²) in [5.41, 5.74) is 0. The van der Waals surface area contributed by atoms with Gasteiger partial charge in [0.15, 0.2) is 0 Å². The van der Waals surface area contributed by atoms with Crippen LogP contribution in [0.5, 0.6) is 0 Å². The molecular formula is C16H36AuCl4N2P2-4. The fraction of sp³-hybridized carbons (Fsp3) is 0.750. The Balaban J connectivity index is -0.0000000952. The van der Waals surface area contributed by atoms with Gasteiger partial charge in [-0.25, -0.2) is 0 Å². The number of alkyl halides is 4. The Kier molecular flexibility index (Phi) is 44.3. The quantitative estimate of drug-likeness (QED) is 0.108. The molecule has 0 spiro atoms. The van der Waals surface area contributed by atoms with Crippen molar-refractivity contribution < 1.29 is 22.4 Å². The number of hydrogen-bond acceptors (Lipinski definition) is 2. The summed E-state index contributed by atoms with van der Waals surface area (Å²) in [7, 11) is -0.209. The third-order valence-electron chi connectivity index (χ3n) is 2.49. The molecular weight excluding hydrogens is 621 g/mol. The normalized spacial score (nSPS) is 12.2. The van der Waals surface area contributed by atoms with Crippen molar-refractivity contribution in [2.75, 3.05) is 75.6 Å². The third-order valence-corrected chi connectivity index (χ3v) is 4.93. The zero-order valence-electron chi connectivity index (χ0n) is 16.1. The minimum atomic E-state index is -0.104. The van der Waals surface area contributed by atoms with Crippen molar-refractivity contribution in [2.45, 2.75) is 0 Å². The Hall–Kier alpha value is 2.68. The Morgan fingerprint density at radius 1 is 0.640 bits per heavy atom. The zero-order valence-corrected chi connectivity index (χ0v) is 23.1. The molecule has 9 heteroatoms. The smallest absolute Gasteiger partial charge is 0.0351 e. The van der Waals surface area contributed by atoms with E-state index in [0.717, 1.165) is 38.8 Å². The van der Waals surface area contributed by atoms with Crippen molar-refractivity contribution in [3.63, 3.8) is 0 Å². The summed E-state index contributed by atoms with van der Waals surface area (Å²) >= 11 is 22.5. The van der Waals surface area contributed by atoms with E-state index in [9.17, 15) is 0 Å². The first-order valence-corrected chi connectivity index (χ1v) is 13.6. The van der Waals surface area contributed by atoms with Gasteiger partial charge in [-0.2, -0.15) is 0 Å². The second-order valence-corrected chi connectivity index (χ2v) is 10.5. The van der Waals surface area contributed by atoms with E-state index in [4.69, 9.17) is 46.4 Å². The molecule has 163 valence electrons. The van der Waals surface area contributed by atoms with Crippen LogP contribution in [-0.2, 0) is 22.4 Å². The van der Waals surface area contributed by atoms with Crippen molar-refractivity contribution in [3.05, 3.63) is 28.2 Å². The van der Waals surface area contributed by atoms with Crippen molar-refractivity contribution in [2.24, 2.45) is 0 Å². The van der Waals surface area contributed by atoms with Gasteiger partial charge >= 0.3 is 0 Å². The molecule has 0 heterocycles. The molecule has 0 aromatic rings. The summed E-state index contributed by atoms with van der Waals surface area (Å²) in [4.78, 5) is 4.53. The van der Waals surface area contributed by atoms with Gasteiger partial charge in [0, 0.05) is 72.1 Å². The minimum absolute atomic E-state index is 0. The monoisotopic (exact) mass is 655 g/mol. The van der Waals surface area contributed by atoms with Crippen LogP contribution in [-0.4, -0.2) is 85.4 Å². The van der Waals surface area contributed by atoms with Gasteiger partial charge in [-0.1, -0.05) is 13.3 Å². The summed E-state index contributed by atoms with van der Waals surface area (Å²) in [6, 6.07) is 0. The Morgan fingerprint density at radius 2 is 0.840 bits per heavy atom. The molecule has 0 aliphatic heterocycles. The summed E-state index contributed by atoms with van der Waals surface area (Å²) in [6.45, 7) is 16.0. The second-order valence-electron chi connectivity index (χ2n) is 4.99. The van der Waals surface area contributed by atoms with Gasteiger partial charge in [0.05, 0.1) is 0 Å². The van der Waals surface area contributed by atoms with Gasteiger partial charge < -0.3 is 28.2 Å². The first kappa shape index (κ1) is 38.3. The van der Waals surface area contributed by atoms with Crippen LogP contribution in [0.25, 0.3) is 0 Å². The molecule has 0 aromatic carbocycles. The molecule has 0 rings (SSSR count). The summed E-state index contributed by atoms with van der Waals surface area (Å²) < 4.78 is 0. The molecule has 1 radical (unpaired) electrons. The molecule has 0 saturated heterocycles. The van der Waals surface area contributed by atoms with E-state index in [0.29, 0.717) is 23.5 Å². The summed E-state index contributed by atoms with van der Waals surface area (Å²) in [5, 5.41) is 0. The molecule has 0 amide bonds. The predicted octanol–water partition coefficient (Wildman–Crippen LogP) is 6.15. The molecule has 0 N–H and O–H groups in total. The average molecular weight is 657 g/mol. The number of nitrogens with zero attached hydrogens (tertiary/aromatic N) is 2. The molecule has 25 heavy (non-hydrogen) atoms. The SMILES string of the molecule is [197Au].[CH2-]P(C)CN(CCCl)CCCl.[CH2-]P(C)CN(CCCl)CCCl.[CH3-].[CH3-]. The van der Waals surface area contributed by atoms with Crippen LogP contribution in [0.3, 0.4) is 0 Å². The standard InChI is InChI=1S/2C7H15Cl2NP.2CH3.Au/c2*1-11(2)7-10(5-3-8)6-4-9;;;/h2*1,3-7H2,2H3;2*1H3;/q4*-1;/i;;;;1+0. The Morgan fingerprint density at radius 3 is 0.960 bits per heavy atom. The number of hydrogen-bond donors (Lipinski definition) is 0. The second kappa shape index (κ2) is 28.9. The van der Waals surface area contributed by atoms with Crippen molar-refractivity contribution in [3.8, 4) is 0 Å². The van der Waals surface area contributed by atoms with Crippen LogP contribution < -0.4 is 0 Å². The van der Waals surface area contributed by atoms with Gasteiger partial charge in [0.1, 0.15) is 0 Å². The maximum atomic E-state index is 5.62. The number of halogens is 4. The van der Waals surface area contributed by atoms with Crippen LogP contribution in [0.4, 0.5) is 0 Å². The van der Waals surface area contributed by atoms with E-state index in [-0.39, 0.29) is 53.1 Å². The van der Waals surface area contributed by atoms with E-state index in [2.05, 4.69) is 36.5 Å². The van der Waals surface area contributed by atoms with Gasteiger partial charge in [0.25, 0.3) is 0 Å². The Bertz CT molecular complexity index is 198. The molecule has 2 nitrogen and oxygen atoms in total. The van der Waals surface area contributed by atoms with Crippen LogP contribution in [0.2, 0.25) is 0 Å². The van der Waals surface area contributed by atoms with Gasteiger partial charge in [-0.05, 0) is 12.6 Å². The van der Waals surface area contributed by atoms with E-state index in [1.165, 1.54) is 0 Å². The maximum absolute atomic E-state index is 5.62. The van der Waals surface area contributed by atoms with Crippen molar-refractivity contribution in [1.29, 1.82) is 0 Å². The molecule has 0 bridgehead atoms. The molecule has 0 saturated carbocycles. The summed E-state index contributed by atoms with van der Waals surface area (Å²) in [6.07, 6.45) is 2.10. The Labute approximate surface area is 197 Å². The van der Waals surface area contributed by atoms with Gasteiger partial charge in [0.2, 0.25) is 0 Å². The van der Waals surface area contributed by atoms with E-state index in [1.807, 2.05) is 0 Å². The average Bonchev–Trinajstić information content (AvgIpc) is 2.39. The summed E-state index contributed by atoms with van der Waals surface area (Å²) in [5.74, 6) is 2.72. The number of rotatable bonds is 12. The van der Waals surface area contributed by atoms with Gasteiger partial charge in [-0.15, -0.1) is 46.4 Å². The molecule has 0 aromatic heterocycles. The maximum Gasteiger partial charge on any atom is 0.0351 e. The molecule has 0 aliphatic rings. The van der Waals surface area contributed by atoms with E-state index < -0.39 is 0 Å². The van der Waals surface area contributed by atoms with Crippen LogP contribution in [0.15, 0.2) is 0 Å². The van der Waals surface area contributed by atoms with Crippen molar-refractivity contribution in [1.82, 2.24) is 9.80 Å². The molecule has 2 atom stereocenters. The fourth-order valence-corrected chi connectivity index (χ4v) is 4.55. The topological polar surface area (TPSA) is 6.48 Å². The molecule has 2 unspecified atom stereocenters. The predicted molar refractivity (Wildman–Crippen MR) is 125 cm³/mol. The van der Waals surface area contributed by atoms with Crippen molar-refractivity contribution >= 4 is 62.2 Å². The largest absolute Gasteiger partial charge is 0.358 e. The fourth-order valence-electron chi connectivity index (χ4n) is 1.67. The molecule has 0 aliphatic carbocycles. The first-order chi connectivity index (χ1) is 10.4. The molecule has 0 fully saturated rings.